The molecule has 0 radical (unpaired) electrons. The highest BCUT2D eigenvalue weighted by Gasteiger charge is 2.28. The quantitative estimate of drug-likeness (QED) is 0.0197. The van der Waals surface area contributed by atoms with E-state index in [1.807, 2.05) is 12.2 Å². The fourth-order valence-electron chi connectivity index (χ4n) is 6.64. The number of allylic oxidation sites excluding steroid dienone is 24. The Kier molecular flexibility index (Phi) is 51.2. The van der Waals surface area contributed by atoms with Gasteiger partial charge in [-0.1, -0.05) is 192 Å². The second-order valence-electron chi connectivity index (χ2n) is 17.6. The van der Waals surface area contributed by atoms with Gasteiger partial charge in [-0.05, 0) is 122 Å². The Balaban J connectivity index is 4.89. The standard InChI is InChI=1S/C62H97O11P/c1-4-7-10-13-16-19-22-25-27-28-29-30-32-35-38-41-44-47-50-53-62(66)73-59(55-69-60(64)51-48-45-42-39-36-33-24-21-18-15-12-9-6-3)57-71-74(67,68)70-56-58(54-63)72-61(65)52-49-46-43-40-37-34-31-26-23-20-17-14-11-8-5-2/h7-12,16-21,25-27,29-31,33,35-36,38,42,45,58-59,63H,4-6,13-15,22-24,28,32,34,37,39-41,43-44,46-57H2,1-3H3,(H,67,68)/b10-7-,11-8-,12-9-,19-16-,20-17-,21-18-,27-25-,30-29-,31-26-,36-33-,38-35-,45-42-. The minimum absolute atomic E-state index is 0.0881. The molecule has 0 bridgehead atoms. The van der Waals surface area contributed by atoms with Crippen LogP contribution in [-0.4, -0.2) is 66.5 Å². The maximum atomic E-state index is 12.9. The Morgan fingerprint density at radius 3 is 1.08 bits per heavy atom. The number of phosphoric ester groups is 1. The molecule has 0 saturated carbocycles. The molecule has 2 N–H and O–H groups in total. The molecule has 0 aromatic rings. The highest BCUT2D eigenvalue weighted by Crippen LogP contribution is 2.43. The normalized spacial score (nSPS) is 14.5. The summed E-state index contributed by atoms with van der Waals surface area (Å²) in [5, 5.41) is 9.80. The van der Waals surface area contributed by atoms with Crippen molar-refractivity contribution in [1.82, 2.24) is 0 Å². The second-order valence-corrected chi connectivity index (χ2v) is 19.1. The van der Waals surface area contributed by atoms with Crippen LogP contribution in [0.4, 0.5) is 0 Å². The third-order valence-electron chi connectivity index (χ3n) is 10.8. The van der Waals surface area contributed by atoms with Crippen molar-refractivity contribution in [3.8, 4) is 0 Å². The summed E-state index contributed by atoms with van der Waals surface area (Å²) in [5.74, 6) is -1.64. The lowest BCUT2D eigenvalue weighted by Crippen LogP contribution is -2.30. The Morgan fingerprint density at radius 1 is 0.378 bits per heavy atom. The Hall–Kier alpha value is -4.64. The van der Waals surface area contributed by atoms with Gasteiger partial charge in [-0.25, -0.2) is 4.57 Å². The predicted octanol–water partition coefficient (Wildman–Crippen LogP) is 16.4. The van der Waals surface area contributed by atoms with Crippen LogP contribution in [0.2, 0.25) is 0 Å². The minimum atomic E-state index is -4.79. The number of esters is 3. The molecule has 12 heteroatoms. The third kappa shape index (κ3) is 52.2. The number of ether oxygens (including phenoxy) is 3. The molecular weight excluding hydrogens is 952 g/mol. The molecule has 3 atom stereocenters. The van der Waals surface area contributed by atoms with Gasteiger partial charge in [0.1, 0.15) is 12.7 Å². The van der Waals surface area contributed by atoms with Crippen LogP contribution in [0.15, 0.2) is 146 Å². The average molecular weight is 1050 g/mol. The smallest absolute Gasteiger partial charge is 0.462 e. The first-order valence-electron chi connectivity index (χ1n) is 27.7. The Labute approximate surface area is 448 Å². The van der Waals surface area contributed by atoms with E-state index in [4.69, 9.17) is 23.3 Å². The molecule has 0 amide bonds. The number of unbranched alkanes of at least 4 members (excludes halogenated alkanes) is 8. The number of carbonyl (C=O) groups is 3. The van der Waals surface area contributed by atoms with Gasteiger partial charge in [0.25, 0.3) is 0 Å². The number of carbonyl (C=O) groups excluding carboxylic acids is 3. The summed E-state index contributed by atoms with van der Waals surface area (Å²) in [6.07, 6.45) is 69.7. The van der Waals surface area contributed by atoms with Crippen LogP contribution >= 0.6 is 7.82 Å². The molecule has 0 aromatic carbocycles. The number of hydrogen-bond acceptors (Lipinski definition) is 10. The van der Waals surface area contributed by atoms with E-state index in [9.17, 15) is 28.9 Å². The number of rotatable bonds is 49. The molecular formula is C62H97O11P. The highest BCUT2D eigenvalue weighted by molar-refractivity contribution is 7.47. The maximum Gasteiger partial charge on any atom is 0.472 e. The first kappa shape index (κ1) is 69.4. The van der Waals surface area contributed by atoms with E-state index in [-0.39, 0.29) is 19.3 Å². The van der Waals surface area contributed by atoms with Crippen molar-refractivity contribution < 1.29 is 52.2 Å². The summed E-state index contributed by atoms with van der Waals surface area (Å²) < 4.78 is 39.3. The molecule has 11 nitrogen and oxygen atoms in total. The fourth-order valence-corrected chi connectivity index (χ4v) is 7.43. The van der Waals surface area contributed by atoms with Gasteiger partial charge in [0.2, 0.25) is 0 Å². The average Bonchev–Trinajstić information content (AvgIpc) is 3.39. The minimum Gasteiger partial charge on any atom is -0.462 e. The number of aliphatic hydroxyl groups is 1. The van der Waals surface area contributed by atoms with Crippen LogP contribution in [0.25, 0.3) is 0 Å². The molecule has 416 valence electrons. The lowest BCUT2D eigenvalue weighted by Gasteiger charge is -2.21. The SMILES string of the molecule is CC/C=C\C/C=C\C/C=C\C/C=C\C/C=C\CCCCCC(=O)OC(COC(=O)CC/C=C\C/C=C\C/C=C\C/C=C\CC)COP(=O)(O)OCC(CO)OC(=O)CCCCCCC/C=C\C/C=C\C/C=C\CC. The largest absolute Gasteiger partial charge is 0.472 e. The van der Waals surface area contributed by atoms with Crippen LogP contribution in [0.5, 0.6) is 0 Å². The fraction of sp³-hybridized carbons (Fsp3) is 0.565. The molecule has 74 heavy (non-hydrogen) atoms. The van der Waals surface area contributed by atoms with Gasteiger partial charge >= 0.3 is 25.7 Å². The van der Waals surface area contributed by atoms with Crippen molar-refractivity contribution in [1.29, 1.82) is 0 Å². The molecule has 0 aliphatic rings. The molecule has 0 aromatic heterocycles. The van der Waals surface area contributed by atoms with Gasteiger partial charge in [-0.2, -0.15) is 0 Å². The highest BCUT2D eigenvalue weighted by atomic mass is 31.2. The summed E-state index contributed by atoms with van der Waals surface area (Å²) in [5.41, 5.74) is 0. The van der Waals surface area contributed by atoms with Crippen LogP contribution in [-0.2, 0) is 42.2 Å². The molecule has 0 saturated heterocycles. The summed E-state index contributed by atoms with van der Waals surface area (Å²) >= 11 is 0. The van der Waals surface area contributed by atoms with Crippen molar-refractivity contribution in [3.63, 3.8) is 0 Å². The van der Waals surface area contributed by atoms with E-state index in [1.165, 1.54) is 0 Å². The first-order chi connectivity index (χ1) is 36.2. The summed E-state index contributed by atoms with van der Waals surface area (Å²) in [6, 6.07) is 0. The number of aliphatic hydroxyl groups excluding tert-OH is 1. The molecule has 0 fully saturated rings. The Morgan fingerprint density at radius 2 is 0.689 bits per heavy atom. The van der Waals surface area contributed by atoms with E-state index in [0.717, 1.165) is 128 Å². The first-order valence-corrected chi connectivity index (χ1v) is 29.2. The van der Waals surface area contributed by atoms with Crippen LogP contribution < -0.4 is 0 Å². The van der Waals surface area contributed by atoms with Gasteiger partial charge in [0, 0.05) is 19.3 Å². The molecule has 3 unspecified atom stereocenters. The zero-order valence-electron chi connectivity index (χ0n) is 45.7. The van der Waals surface area contributed by atoms with Gasteiger partial charge in [-0.3, -0.25) is 23.4 Å². The Bertz CT molecular complexity index is 1800. The maximum absolute atomic E-state index is 12.9. The van der Waals surface area contributed by atoms with E-state index in [2.05, 4.69) is 154 Å². The number of hydrogen-bond donors (Lipinski definition) is 2. The molecule has 0 rings (SSSR count). The summed E-state index contributed by atoms with van der Waals surface area (Å²) in [4.78, 5) is 48.4. The van der Waals surface area contributed by atoms with Gasteiger partial charge in [0.05, 0.1) is 19.8 Å². The summed E-state index contributed by atoms with van der Waals surface area (Å²) in [6.45, 7) is 4.13. The molecule has 0 heterocycles. The molecule has 0 aliphatic carbocycles. The van der Waals surface area contributed by atoms with Crippen LogP contribution in [0, 0.1) is 0 Å². The third-order valence-corrected chi connectivity index (χ3v) is 11.7. The van der Waals surface area contributed by atoms with E-state index in [1.54, 1.807) is 0 Å². The zero-order valence-corrected chi connectivity index (χ0v) is 46.6. The van der Waals surface area contributed by atoms with Crippen LogP contribution in [0.3, 0.4) is 0 Å². The monoisotopic (exact) mass is 1050 g/mol. The second kappa shape index (κ2) is 54.6. The van der Waals surface area contributed by atoms with E-state index in [0.29, 0.717) is 19.3 Å². The molecule has 0 spiro atoms. The zero-order chi connectivity index (χ0) is 54.1. The molecule has 0 aliphatic heterocycles. The number of phosphoric acid groups is 1. The topological polar surface area (TPSA) is 155 Å². The van der Waals surface area contributed by atoms with Crippen molar-refractivity contribution in [2.45, 2.75) is 200 Å². The van der Waals surface area contributed by atoms with Gasteiger partial charge < -0.3 is 24.2 Å². The predicted molar refractivity (Wildman–Crippen MR) is 306 cm³/mol. The van der Waals surface area contributed by atoms with Crippen molar-refractivity contribution >= 4 is 25.7 Å². The van der Waals surface area contributed by atoms with Gasteiger partial charge in [0.15, 0.2) is 6.10 Å². The van der Waals surface area contributed by atoms with E-state index < -0.39 is 64.4 Å². The lowest BCUT2D eigenvalue weighted by atomic mass is 10.1. The van der Waals surface area contributed by atoms with Crippen molar-refractivity contribution in [3.05, 3.63) is 146 Å². The lowest BCUT2D eigenvalue weighted by molar-refractivity contribution is -0.161. The van der Waals surface area contributed by atoms with Crippen molar-refractivity contribution in [2.75, 3.05) is 26.4 Å². The summed E-state index contributed by atoms with van der Waals surface area (Å²) in [7, 11) is -4.79. The van der Waals surface area contributed by atoms with Gasteiger partial charge in [-0.15, -0.1) is 0 Å². The van der Waals surface area contributed by atoms with Crippen molar-refractivity contribution in [2.24, 2.45) is 0 Å². The van der Waals surface area contributed by atoms with E-state index >= 15 is 0 Å². The van der Waals surface area contributed by atoms with Crippen LogP contribution in [0.1, 0.15) is 188 Å².